The van der Waals surface area contributed by atoms with Crippen LogP contribution in [-0.4, -0.2) is 47.0 Å². The number of hydrogen-bond donors (Lipinski definition) is 3. The zero-order valence-electron chi connectivity index (χ0n) is 18.2. The van der Waals surface area contributed by atoms with E-state index in [1.54, 1.807) is 11.0 Å². The minimum Gasteiger partial charge on any atom is -0.397 e. The molecule has 33 heavy (non-hydrogen) atoms. The van der Waals surface area contributed by atoms with Crippen LogP contribution in [0.25, 0.3) is 10.2 Å². The first kappa shape index (κ1) is 22.0. The van der Waals surface area contributed by atoms with Gasteiger partial charge in [0.05, 0.1) is 5.69 Å². The first-order chi connectivity index (χ1) is 15.8. The molecule has 0 spiro atoms. The Morgan fingerprint density at radius 1 is 1.24 bits per heavy atom. The molecule has 1 aliphatic heterocycles. The highest BCUT2D eigenvalue weighted by atomic mass is 32.1. The van der Waals surface area contributed by atoms with E-state index in [1.807, 2.05) is 25.1 Å². The number of rotatable bonds is 4. The summed E-state index contributed by atoms with van der Waals surface area (Å²) in [7, 11) is 0. The van der Waals surface area contributed by atoms with Gasteiger partial charge in [-0.2, -0.15) is 0 Å². The van der Waals surface area contributed by atoms with Gasteiger partial charge in [0.25, 0.3) is 12.3 Å². The van der Waals surface area contributed by atoms with Gasteiger partial charge in [-0.05, 0) is 56.4 Å². The molecule has 4 heterocycles. The Morgan fingerprint density at radius 3 is 2.85 bits per heavy atom. The van der Waals surface area contributed by atoms with Crippen molar-refractivity contribution in [2.75, 3.05) is 17.2 Å². The van der Waals surface area contributed by atoms with Gasteiger partial charge in [-0.3, -0.25) is 4.79 Å². The molecule has 1 amide bonds. The van der Waals surface area contributed by atoms with E-state index in [2.05, 4.69) is 15.3 Å². The summed E-state index contributed by atoms with van der Waals surface area (Å²) in [5.41, 5.74) is 15.4. The number of nitrogens with two attached hydrogens (primary N) is 2. The van der Waals surface area contributed by atoms with E-state index in [9.17, 15) is 13.6 Å². The number of aromatic nitrogens is 2. The average molecular weight is 473 g/mol. The molecule has 0 aromatic carbocycles. The Labute approximate surface area is 194 Å². The molecule has 10 heteroatoms. The molecule has 0 unspecified atom stereocenters. The molecule has 0 radical (unpaired) electrons. The molecule has 0 saturated carbocycles. The summed E-state index contributed by atoms with van der Waals surface area (Å²) in [6.07, 6.45) is 0.0254. The Kier molecular flexibility index (Phi) is 5.65. The number of halogens is 2. The van der Waals surface area contributed by atoms with E-state index >= 15 is 0 Å². The number of pyridine rings is 2. The van der Waals surface area contributed by atoms with Crippen LogP contribution in [0, 0.1) is 6.92 Å². The summed E-state index contributed by atoms with van der Waals surface area (Å²) < 4.78 is 27.0. The molecular weight excluding hydrogens is 446 g/mol. The second-order valence-corrected chi connectivity index (χ2v) is 9.81. The third-order valence-electron chi connectivity index (χ3n) is 6.58. The van der Waals surface area contributed by atoms with E-state index in [1.165, 1.54) is 11.3 Å². The Bertz CT molecular complexity index is 1220. The summed E-state index contributed by atoms with van der Waals surface area (Å²) in [6, 6.07) is 5.89. The maximum atomic E-state index is 13.5. The van der Waals surface area contributed by atoms with Crippen molar-refractivity contribution in [3.63, 3.8) is 0 Å². The van der Waals surface area contributed by atoms with Crippen molar-refractivity contribution >= 4 is 39.0 Å². The number of anilines is 2. The minimum absolute atomic E-state index is 0.0500. The van der Waals surface area contributed by atoms with Crippen LogP contribution in [0.1, 0.15) is 39.5 Å². The summed E-state index contributed by atoms with van der Waals surface area (Å²) in [4.78, 5) is 25.0. The number of nitrogen functional groups attached to an aromatic ring is 1. The van der Waals surface area contributed by atoms with Crippen molar-refractivity contribution in [3.8, 4) is 0 Å². The number of nitrogens with zero attached hydrogens (tertiary/aromatic N) is 3. The predicted molar refractivity (Wildman–Crippen MR) is 126 cm³/mol. The van der Waals surface area contributed by atoms with E-state index in [-0.39, 0.29) is 11.9 Å². The van der Waals surface area contributed by atoms with Gasteiger partial charge in [0.1, 0.15) is 21.6 Å². The Hall–Kier alpha value is -2.85. The molecule has 1 aliphatic carbocycles. The molecule has 1 fully saturated rings. The fourth-order valence-electron chi connectivity index (χ4n) is 4.82. The Morgan fingerprint density at radius 2 is 2.06 bits per heavy atom. The number of nitrogens with one attached hydrogen (secondary N) is 1. The number of aryl methyl sites for hydroxylation is 2. The SMILES string of the molecule is Cc1ccc2c(N)c(C(=O)N[C@H]3CCc4nc(N5CC[C@@H](N)[C@@H]5C(F)F)ccc4C3)sc2n1. The van der Waals surface area contributed by atoms with Crippen molar-refractivity contribution < 1.29 is 13.6 Å². The molecule has 5 N–H and O–H groups in total. The smallest absolute Gasteiger partial charge is 0.263 e. The average Bonchev–Trinajstić information content (AvgIpc) is 3.33. The van der Waals surface area contributed by atoms with Gasteiger partial charge in [0.15, 0.2) is 0 Å². The number of fused-ring (bicyclic) bond motifs is 2. The minimum atomic E-state index is -2.51. The van der Waals surface area contributed by atoms with Gasteiger partial charge in [-0.25, -0.2) is 18.7 Å². The van der Waals surface area contributed by atoms with Crippen molar-refractivity contribution in [2.24, 2.45) is 5.73 Å². The number of hydrogen-bond acceptors (Lipinski definition) is 7. The van der Waals surface area contributed by atoms with Crippen LogP contribution in [0.2, 0.25) is 0 Å². The normalized spacial score (nSPS) is 22.7. The lowest BCUT2D eigenvalue weighted by atomic mass is 9.91. The number of carbonyl (C=O) groups excluding carboxylic acids is 1. The topological polar surface area (TPSA) is 110 Å². The fourth-order valence-corrected chi connectivity index (χ4v) is 5.86. The van der Waals surface area contributed by atoms with Crippen molar-refractivity contribution in [2.45, 2.75) is 57.2 Å². The third kappa shape index (κ3) is 4.02. The fraction of sp³-hybridized carbons (Fsp3) is 0.435. The molecular formula is C23H26F2N6OS. The largest absolute Gasteiger partial charge is 0.397 e. The molecule has 7 nitrogen and oxygen atoms in total. The Balaban J connectivity index is 1.30. The van der Waals surface area contributed by atoms with Crippen LogP contribution in [0.5, 0.6) is 0 Å². The summed E-state index contributed by atoms with van der Waals surface area (Å²) in [5, 5.41) is 3.90. The molecule has 0 bridgehead atoms. The van der Waals surface area contributed by atoms with Crippen LogP contribution >= 0.6 is 11.3 Å². The lowest BCUT2D eigenvalue weighted by Gasteiger charge is -2.29. The lowest BCUT2D eigenvalue weighted by molar-refractivity contribution is 0.0938. The maximum absolute atomic E-state index is 13.5. The quantitative estimate of drug-likeness (QED) is 0.538. The monoisotopic (exact) mass is 472 g/mol. The molecule has 3 aromatic rings. The van der Waals surface area contributed by atoms with Gasteiger partial charge >= 0.3 is 0 Å². The van der Waals surface area contributed by atoms with E-state index in [0.717, 1.165) is 33.6 Å². The van der Waals surface area contributed by atoms with E-state index in [4.69, 9.17) is 11.5 Å². The second kappa shape index (κ2) is 8.49. The highest BCUT2D eigenvalue weighted by Gasteiger charge is 2.39. The van der Waals surface area contributed by atoms with Crippen molar-refractivity contribution in [1.29, 1.82) is 0 Å². The molecule has 2 aliphatic rings. The van der Waals surface area contributed by atoms with E-state index < -0.39 is 18.5 Å². The van der Waals surface area contributed by atoms with Gasteiger partial charge in [0, 0.05) is 35.4 Å². The summed E-state index contributed by atoms with van der Waals surface area (Å²) >= 11 is 1.30. The van der Waals surface area contributed by atoms with Gasteiger partial charge < -0.3 is 21.7 Å². The van der Waals surface area contributed by atoms with Crippen molar-refractivity contribution in [3.05, 3.63) is 46.1 Å². The standard InChI is InChI=1S/C23H26F2N6OS/c1-11-2-5-14-18(27)20(33-23(14)28-11)22(32)29-13-4-6-16-12(10-13)3-7-17(30-16)31-9-8-15(26)19(31)21(24)25/h2-3,5,7,13,15,19,21H,4,6,8-10,26-27H2,1H3,(H,29,32)/t13-,15+,19+/m0/s1. The van der Waals surface area contributed by atoms with Gasteiger partial charge in [-0.15, -0.1) is 11.3 Å². The predicted octanol–water partition coefficient (Wildman–Crippen LogP) is 3.04. The number of amides is 1. The van der Waals surface area contributed by atoms with Crippen LogP contribution < -0.4 is 21.7 Å². The third-order valence-corrected chi connectivity index (χ3v) is 7.69. The van der Waals surface area contributed by atoms with Crippen molar-refractivity contribution in [1.82, 2.24) is 15.3 Å². The van der Waals surface area contributed by atoms with Crippen LogP contribution in [0.3, 0.4) is 0 Å². The molecule has 5 rings (SSSR count). The number of carbonyl (C=O) groups is 1. The first-order valence-electron chi connectivity index (χ1n) is 11.1. The van der Waals surface area contributed by atoms with Gasteiger partial charge in [0.2, 0.25) is 0 Å². The zero-order chi connectivity index (χ0) is 23.3. The zero-order valence-corrected chi connectivity index (χ0v) is 19.0. The molecule has 3 aromatic heterocycles. The first-order valence-corrected chi connectivity index (χ1v) is 11.9. The van der Waals surface area contributed by atoms with Crippen LogP contribution in [-0.2, 0) is 12.8 Å². The summed E-state index contributed by atoms with van der Waals surface area (Å²) in [6.45, 7) is 2.38. The highest BCUT2D eigenvalue weighted by Crippen LogP contribution is 2.33. The lowest BCUT2D eigenvalue weighted by Crippen LogP contribution is -2.45. The number of thiophene rings is 1. The van der Waals surface area contributed by atoms with Gasteiger partial charge in [-0.1, -0.05) is 6.07 Å². The summed E-state index contributed by atoms with van der Waals surface area (Å²) in [5.74, 6) is 0.354. The van der Waals surface area contributed by atoms with E-state index in [0.29, 0.717) is 42.2 Å². The van der Waals surface area contributed by atoms with Crippen LogP contribution in [0.15, 0.2) is 24.3 Å². The van der Waals surface area contributed by atoms with Crippen LogP contribution in [0.4, 0.5) is 20.3 Å². The molecule has 3 atom stereocenters. The highest BCUT2D eigenvalue weighted by molar-refractivity contribution is 7.21. The number of alkyl halides is 2. The molecule has 174 valence electrons. The molecule has 1 saturated heterocycles. The second-order valence-electron chi connectivity index (χ2n) is 8.81. The maximum Gasteiger partial charge on any atom is 0.263 e.